The van der Waals surface area contributed by atoms with E-state index in [0.29, 0.717) is 12.3 Å². The number of furan rings is 1. The van der Waals surface area contributed by atoms with Crippen LogP contribution in [-0.4, -0.2) is 41.1 Å². The highest BCUT2D eigenvalue weighted by Crippen LogP contribution is 2.19. The summed E-state index contributed by atoms with van der Waals surface area (Å²) in [4.78, 5) is 14.4. The summed E-state index contributed by atoms with van der Waals surface area (Å²) in [6.07, 6.45) is 3.24. The van der Waals surface area contributed by atoms with E-state index in [1.54, 1.807) is 6.07 Å². The Bertz CT molecular complexity index is 454. The number of aliphatic hydroxyl groups excluding tert-OH is 1. The quantitative estimate of drug-likeness (QED) is 0.844. The molecule has 2 rings (SSSR count). The Balaban J connectivity index is 1.92. The normalized spacial score (nSPS) is 22.5. The molecule has 1 aromatic rings. The summed E-state index contributed by atoms with van der Waals surface area (Å²) in [5, 5.41) is 12.8. The van der Waals surface area contributed by atoms with Crippen molar-refractivity contribution in [3.05, 3.63) is 23.7 Å². The van der Waals surface area contributed by atoms with E-state index in [1.165, 1.54) is 0 Å². The summed E-state index contributed by atoms with van der Waals surface area (Å²) in [7, 11) is 0. The lowest BCUT2D eigenvalue weighted by atomic mass is 9.92. The molecule has 1 aliphatic rings. The molecule has 21 heavy (non-hydrogen) atoms. The van der Waals surface area contributed by atoms with Gasteiger partial charge in [-0.3, -0.25) is 9.69 Å². The molecule has 1 aliphatic carbocycles. The highest BCUT2D eigenvalue weighted by atomic mass is 16.4. The van der Waals surface area contributed by atoms with Crippen molar-refractivity contribution in [1.82, 2.24) is 10.2 Å². The molecule has 5 nitrogen and oxygen atoms in total. The Morgan fingerprint density at radius 2 is 2.05 bits per heavy atom. The minimum absolute atomic E-state index is 0.150. The van der Waals surface area contributed by atoms with Gasteiger partial charge >= 0.3 is 0 Å². The van der Waals surface area contributed by atoms with Crippen molar-refractivity contribution < 1.29 is 14.3 Å². The Hall–Kier alpha value is -1.33. The SMILES string of the molecule is CCN(CC)Cc1ccc(C(=O)N[C@H]2CCCC[C@@H]2O)o1. The molecule has 0 saturated heterocycles. The van der Waals surface area contributed by atoms with Gasteiger partial charge in [0.2, 0.25) is 0 Å². The molecule has 118 valence electrons. The minimum atomic E-state index is -0.437. The maximum absolute atomic E-state index is 12.2. The van der Waals surface area contributed by atoms with Gasteiger partial charge in [-0.2, -0.15) is 0 Å². The van der Waals surface area contributed by atoms with E-state index in [-0.39, 0.29) is 11.9 Å². The van der Waals surface area contributed by atoms with Gasteiger partial charge in [0.15, 0.2) is 5.76 Å². The van der Waals surface area contributed by atoms with Crippen LogP contribution in [0.25, 0.3) is 0 Å². The molecule has 2 atom stereocenters. The number of hydrogen-bond acceptors (Lipinski definition) is 4. The zero-order valence-electron chi connectivity index (χ0n) is 13.0. The summed E-state index contributed by atoms with van der Waals surface area (Å²) >= 11 is 0. The smallest absolute Gasteiger partial charge is 0.287 e. The fraction of sp³-hybridized carbons (Fsp3) is 0.688. The Labute approximate surface area is 126 Å². The van der Waals surface area contributed by atoms with Gasteiger partial charge in [0.1, 0.15) is 5.76 Å². The maximum Gasteiger partial charge on any atom is 0.287 e. The van der Waals surface area contributed by atoms with Gasteiger partial charge in [-0.15, -0.1) is 0 Å². The first-order chi connectivity index (χ1) is 10.1. The molecule has 2 N–H and O–H groups in total. The lowest BCUT2D eigenvalue weighted by molar-refractivity contribution is 0.0696. The molecular weight excluding hydrogens is 268 g/mol. The summed E-state index contributed by atoms with van der Waals surface area (Å²) in [5.41, 5.74) is 0. The van der Waals surface area contributed by atoms with Crippen molar-refractivity contribution in [2.45, 2.75) is 58.2 Å². The molecule has 1 saturated carbocycles. The van der Waals surface area contributed by atoms with Crippen LogP contribution in [0, 0.1) is 0 Å². The van der Waals surface area contributed by atoms with Crippen molar-refractivity contribution >= 4 is 5.91 Å². The first-order valence-corrected chi connectivity index (χ1v) is 7.94. The van der Waals surface area contributed by atoms with Crippen LogP contribution in [0.2, 0.25) is 0 Å². The van der Waals surface area contributed by atoms with E-state index in [9.17, 15) is 9.90 Å². The van der Waals surface area contributed by atoms with Gasteiger partial charge < -0.3 is 14.8 Å². The average molecular weight is 294 g/mol. The number of carbonyl (C=O) groups excluding carboxylic acids is 1. The summed E-state index contributed by atoms with van der Waals surface area (Å²) in [5.74, 6) is 0.898. The van der Waals surface area contributed by atoms with Crippen molar-refractivity contribution in [1.29, 1.82) is 0 Å². The van der Waals surface area contributed by atoms with E-state index >= 15 is 0 Å². The van der Waals surface area contributed by atoms with Crippen LogP contribution in [0.4, 0.5) is 0 Å². The van der Waals surface area contributed by atoms with Crippen molar-refractivity contribution in [2.75, 3.05) is 13.1 Å². The number of carbonyl (C=O) groups is 1. The second kappa shape index (κ2) is 7.61. The van der Waals surface area contributed by atoms with Crippen LogP contribution in [0.15, 0.2) is 16.5 Å². The molecule has 0 bridgehead atoms. The van der Waals surface area contributed by atoms with Crippen LogP contribution >= 0.6 is 0 Å². The highest BCUT2D eigenvalue weighted by Gasteiger charge is 2.25. The molecule has 1 heterocycles. The maximum atomic E-state index is 12.2. The molecule has 0 aromatic carbocycles. The van der Waals surface area contributed by atoms with E-state index < -0.39 is 6.10 Å². The number of nitrogens with zero attached hydrogens (tertiary/aromatic N) is 1. The van der Waals surface area contributed by atoms with E-state index in [2.05, 4.69) is 24.1 Å². The summed E-state index contributed by atoms with van der Waals surface area (Å²) in [6, 6.07) is 3.41. The molecule has 1 fully saturated rings. The van der Waals surface area contributed by atoms with E-state index in [4.69, 9.17) is 4.42 Å². The van der Waals surface area contributed by atoms with E-state index in [1.807, 2.05) is 6.07 Å². The molecule has 0 unspecified atom stereocenters. The Kier molecular flexibility index (Phi) is 5.82. The number of nitrogens with one attached hydrogen (secondary N) is 1. The molecule has 1 aromatic heterocycles. The molecule has 0 spiro atoms. The van der Waals surface area contributed by atoms with Crippen LogP contribution in [0.3, 0.4) is 0 Å². The first kappa shape index (κ1) is 16.0. The number of aliphatic hydroxyl groups is 1. The zero-order chi connectivity index (χ0) is 15.2. The highest BCUT2D eigenvalue weighted by molar-refractivity contribution is 5.91. The van der Waals surface area contributed by atoms with Crippen molar-refractivity contribution in [2.24, 2.45) is 0 Å². The number of rotatable bonds is 6. The molecule has 0 aliphatic heterocycles. The van der Waals surface area contributed by atoms with Crippen LogP contribution < -0.4 is 5.32 Å². The fourth-order valence-corrected chi connectivity index (χ4v) is 2.77. The van der Waals surface area contributed by atoms with Gasteiger partial charge in [-0.05, 0) is 38.1 Å². The summed E-state index contributed by atoms with van der Waals surface area (Å²) in [6.45, 7) is 6.82. The third-order valence-electron chi connectivity index (χ3n) is 4.21. The van der Waals surface area contributed by atoms with Crippen molar-refractivity contribution in [3.63, 3.8) is 0 Å². The van der Waals surface area contributed by atoms with Crippen LogP contribution in [0.1, 0.15) is 55.8 Å². The van der Waals surface area contributed by atoms with Crippen molar-refractivity contribution in [3.8, 4) is 0 Å². The second-order valence-corrected chi connectivity index (χ2v) is 5.66. The topological polar surface area (TPSA) is 65.7 Å². The minimum Gasteiger partial charge on any atom is -0.455 e. The first-order valence-electron chi connectivity index (χ1n) is 7.94. The third kappa shape index (κ3) is 4.32. The monoisotopic (exact) mass is 294 g/mol. The molecule has 5 heteroatoms. The fourth-order valence-electron chi connectivity index (χ4n) is 2.77. The lowest BCUT2D eigenvalue weighted by Crippen LogP contribution is -2.44. The second-order valence-electron chi connectivity index (χ2n) is 5.66. The van der Waals surface area contributed by atoms with Crippen LogP contribution in [-0.2, 0) is 6.54 Å². The van der Waals surface area contributed by atoms with E-state index in [0.717, 1.165) is 44.5 Å². The molecule has 0 radical (unpaired) electrons. The number of amides is 1. The predicted molar refractivity (Wildman–Crippen MR) is 81.1 cm³/mol. The summed E-state index contributed by atoms with van der Waals surface area (Å²) < 4.78 is 5.62. The van der Waals surface area contributed by atoms with Gasteiger partial charge in [-0.25, -0.2) is 0 Å². The predicted octanol–water partition coefficient (Wildman–Crippen LogP) is 2.15. The van der Waals surface area contributed by atoms with Gasteiger partial charge in [0.05, 0.1) is 18.7 Å². The largest absolute Gasteiger partial charge is 0.455 e. The number of hydrogen-bond donors (Lipinski definition) is 2. The molecular formula is C16H26N2O3. The standard InChI is InChI=1S/C16H26N2O3/c1-3-18(4-2)11-12-9-10-15(21-12)16(20)17-13-7-5-6-8-14(13)19/h9-10,13-14,19H,3-8,11H2,1-2H3,(H,17,20)/t13-,14-/m0/s1. The van der Waals surface area contributed by atoms with Gasteiger partial charge in [-0.1, -0.05) is 26.7 Å². The zero-order valence-corrected chi connectivity index (χ0v) is 13.0. The lowest BCUT2D eigenvalue weighted by Gasteiger charge is -2.27. The Morgan fingerprint density at radius 3 is 2.71 bits per heavy atom. The third-order valence-corrected chi connectivity index (χ3v) is 4.21. The van der Waals surface area contributed by atoms with Crippen LogP contribution in [0.5, 0.6) is 0 Å². The Morgan fingerprint density at radius 1 is 1.33 bits per heavy atom. The molecule has 1 amide bonds. The van der Waals surface area contributed by atoms with Gasteiger partial charge in [0, 0.05) is 0 Å². The van der Waals surface area contributed by atoms with Gasteiger partial charge in [0.25, 0.3) is 5.91 Å². The average Bonchev–Trinajstić information content (AvgIpc) is 2.96.